The Morgan fingerprint density at radius 3 is 2.90 bits per heavy atom. The van der Waals surface area contributed by atoms with Gasteiger partial charge in [0.1, 0.15) is 0 Å². The third-order valence-electron chi connectivity index (χ3n) is 3.32. The molecule has 0 aliphatic carbocycles. The predicted octanol–water partition coefficient (Wildman–Crippen LogP) is 0.570. The van der Waals surface area contributed by atoms with Gasteiger partial charge in [-0.05, 0) is 42.0 Å². The lowest BCUT2D eigenvalue weighted by molar-refractivity contribution is 0.602. The number of aromatic nitrogens is 4. The lowest BCUT2D eigenvalue weighted by Crippen LogP contribution is -2.20. The standard InChI is InChI=1S/C12H15N5O2S/c1-9-14-15-16-17(9)12-4-2-3-10(7-12)13-11-5-6-20(18,19)8-11/h2-4,7,11,13H,5-6,8H2,1H3. The van der Waals surface area contributed by atoms with Crippen LogP contribution in [0.5, 0.6) is 0 Å². The first-order chi connectivity index (χ1) is 9.53. The summed E-state index contributed by atoms with van der Waals surface area (Å²) in [4.78, 5) is 0. The molecule has 0 spiro atoms. The molecule has 8 heteroatoms. The van der Waals surface area contributed by atoms with Gasteiger partial charge in [0.25, 0.3) is 0 Å². The number of sulfone groups is 1. The van der Waals surface area contributed by atoms with Crippen LogP contribution >= 0.6 is 0 Å². The van der Waals surface area contributed by atoms with Crippen molar-refractivity contribution in [3.8, 4) is 5.69 Å². The fourth-order valence-corrected chi connectivity index (χ4v) is 4.02. The van der Waals surface area contributed by atoms with Crippen LogP contribution in [-0.2, 0) is 9.84 Å². The first-order valence-electron chi connectivity index (χ1n) is 6.36. The minimum absolute atomic E-state index is 0.0229. The Hall–Kier alpha value is -1.96. The third kappa shape index (κ3) is 2.64. The second-order valence-corrected chi connectivity index (χ2v) is 7.16. The van der Waals surface area contributed by atoms with Crippen molar-refractivity contribution in [1.82, 2.24) is 20.2 Å². The van der Waals surface area contributed by atoms with Gasteiger partial charge < -0.3 is 5.32 Å². The van der Waals surface area contributed by atoms with Crippen molar-refractivity contribution < 1.29 is 8.42 Å². The number of tetrazole rings is 1. The van der Waals surface area contributed by atoms with Gasteiger partial charge in [-0.3, -0.25) is 0 Å². The number of benzene rings is 1. The molecule has 0 bridgehead atoms. The van der Waals surface area contributed by atoms with E-state index in [0.29, 0.717) is 12.2 Å². The number of nitrogens with one attached hydrogen (secondary N) is 1. The fraction of sp³-hybridized carbons (Fsp3) is 0.417. The van der Waals surface area contributed by atoms with E-state index in [0.717, 1.165) is 11.4 Å². The van der Waals surface area contributed by atoms with Crippen molar-refractivity contribution in [2.75, 3.05) is 16.8 Å². The Bertz CT molecular complexity index is 725. The van der Waals surface area contributed by atoms with E-state index in [1.165, 1.54) is 0 Å². The van der Waals surface area contributed by atoms with Gasteiger partial charge in [-0.25, -0.2) is 8.42 Å². The molecule has 0 saturated carbocycles. The van der Waals surface area contributed by atoms with Gasteiger partial charge in [0.2, 0.25) is 0 Å². The maximum atomic E-state index is 11.5. The van der Waals surface area contributed by atoms with Gasteiger partial charge in [-0.15, -0.1) is 5.10 Å². The van der Waals surface area contributed by atoms with Crippen molar-refractivity contribution in [3.63, 3.8) is 0 Å². The van der Waals surface area contributed by atoms with Crippen LogP contribution in [0, 0.1) is 6.92 Å². The fourth-order valence-electron chi connectivity index (χ4n) is 2.34. The minimum atomic E-state index is -2.88. The summed E-state index contributed by atoms with van der Waals surface area (Å²) < 4.78 is 24.6. The smallest absolute Gasteiger partial charge is 0.153 e. The minimum Gasteiger partial charge on any atom is -0.381 e. The summed E-state index contributed by atoms with van der Waals surface area (Å²) in [6.45, 7) is 1.82. The monoisotopic (exact) mass is 293 g/mol. The molecule has 0 radical (unpaired) electrons. The Morgan fingerprint density at radius 1 is 1.40 bits per heavy atom. The van der Waals surface area contributed by atoms with Crippen LogP contribution in [0.4, 0.5) is 5.69 Å². The lowest BCUT2D eigenvalue weighted by atomic mass is 10.2. The summed E-state index contributed by atoms with van der Waals surface area (Å²) in [7, 11) is -2.88. The zero-order chi connectivity index (χ0) is 14.2. The molecule has 1 aliphatic heterocycles. The summed E-state index contributed by atoms with van der Waals surface area (Å²) in [6, 6.07) is 7.59. The molecule has 1 unspecified atom stereocenters. The lowest BCUT2D eigenvalue weighted by Gasteiger charge is -2.13. The Morgan fingerprint density at radius 2 is 2.25 bits per heavy atom. The molecule has 2 aromatic rings. The molecule has 20 heavy (non-hydrogen) atoms. The van der Waals surface area contributed by atoms with Gasteiger partial charge in [0.15, 0.2) is 15.7 Å². The van der Waals surface area contributed by atoms with Crippen LogP contribution in [0.25, 0.3) is 5.69 Å². The van der Waals surface area contributed by atoms with Crippen LogP contribution in [0.3, 0.4) is 0 Å². The third-order valence-corrected chi connectivity index (χ3v) is 5.09. The van der Waals surface area contributed by atoms with Gasteiger partial charge in [-0.2, -0.15) is 4.68 Å². The van der Waals surface area contributed by atoms with Crippen molar-refractivity contribution in [2.24, 2.45) is 0 Å². The molecule has 3 rings (SSSR count). The molecule has 1 atom stereocenters. The summed E-state index contributed by atoms with van der Waals surface area (Å²) in [5.41, 5.74) is 1.72. The van der Waals surface area contributed by atoms with Crippen LogP contribution in [0.1, 0.15) is 12.2 Å². The molecule has 1 aliphatic rings. The van der Waals surface area contributed by atoms with E-state index in [4.69, 9.17) is 0 Å². The van der Waals surface area contributed by atoms with E-state index in [-0.39, 0.29) is 17.5 Å². The van der Waals surface area contributed by atoms with Crippen LogP contribution in [0.15, 0.2) is 24.3 Å². The summed E-state index contributed by atoms with van der Waals surface area (Å²) >= 11 is 0. The number of nitrogens with zero attached hydrogens (tertiary/aromatic N) is 4. The highest BCUT2D eigenvalue weighted by Gasteiger charge is 2.27. The van der Waals surface area contributed by atoms with Crippen molar-refractivity contribution in [3.05, 3.63) is 30.1 Å². The molecular weight excluding hydrogens is 278 g/mol. The van der Waals surface area contributed by atoms with Crippen molar-refractivity contribution in [1.29, 1.82) is 0 Å². The van der Waals surface area contributed by atoms with Crippen molar-refractivity contribution >= 4 is 15.5 Å². The maximum Gasteiger partial charge on any atom is 0.153 e. The van der Waals surface area contributed by atoms with E-state index in [9.17, 15) is 8.42 Å². The molecule has 7 nitrogen and oxygen atoms in total. The average Bonchev–Trinajstić information content (AvgIpc) is 2.96. The number of rotatable bonds is 3. The predicted molar refractivity (Wildman–Crippen MR) is 74.6 cm³/mol. The molecule has 106 valence electrons. The highest BCUT2D eigenvalue weighted by Crippen LogP contribution is 2.19. The van der Waals surface area contributed by atoms with E-state index < -0.39 is 9.84 Å². The molecule has 2 heterocycles. The highest BCUT2D eigenvalue weighted by atomic mass is 32.2. The van der Waals surface area contributed by atoms with Crippen LogP contribution in [0.2, 0.25) is 0 Å². The summed E-state index contributed by atoms with van der Waals surface area (Å²) in [5, 5.41) is 14.6. The number of hydrogen-bond acceptors (Lipinski definition) is 6. The first kappa shape index (κ1) is 13.0. The summed E-state index contributed by atoms with van der Waals surface area (Å²) in [5.74, 6) is 1.16. The van der Waals surface area contributed by atoms with Crippen LogP contribution < -0.4 is 5.32 Å². The molecule has 0 amide bonds. The SMILES string of the molecule is Cc1nnnn1-c1cccc(NC2CCS(=O)(=O)C2)c1. The second-order valence-electron chi connectivity index (χ2n) is 4.93. The quantitative estimate of drug-likeness (QED) is 0.890. The molecule has 1 N–H and O–H groups in total. The number of hydrogen-bond donors (Lipinski definition) is 1. The van der Waals surface area contributed by atoms with Gasteiger partial charge in [0.05, 0.1) is 17.2 Å². The molecule has 1 aromatic heterocycles. The normalized spacial score (nSPS) is 20.9. The van der Waals surface area contributed by atoms with Crippen molar-refractivity contribution in [2.45, 2.75) is 19.4 Å². The molecule has 1 fully saturated rings. The van der Waals surface area contributed by atoms with E-state index in [1.807, 2.05) is 31.2 Å². The number of anilines is 1. The summed E-state index contributed by atoms with van der Waals surface area (Å²) in [6.07, 6.45) is 0.649. The van der Waals surface area contributed by atoms with Crippen LogP contribution in [-0.4, -0.2) is 46.2 Å². The number of aryl methyl sites for hydroxylation is 1. The molecule has 1 saturated heterocycles. The maximum absolute atomic E-state index is 11.5. The highest BCUT2D eigenvalue weighted by molar-refractivity contribution is 7.91. The molecular formula is C12H15N5O2S. The van der Waals surface area contributed by atoms with E-state index in [2.05, 4.69) is 20.8 Å². The van der Waals surface area contributed by atoms with Gasteiger partial charge >= 0.3 is 0 Å². The largest absolute Gasteiger partial charge is 0.381 e. The average molecular weight is 293 g/mol. The van der Waals surface area contributed by atoms with E-state index >= 15 is 0 Å². The van der Waals surface area contributed by atoms with E-state index in [1.54, 1.807) is 4.68 Å². The first-order valence-corrected chi connectivity index (χ1v) is 8.18. The van der Waals surface area contributed by atoms with Gasteiger partial charge in [-0.1, -0.05) is 6.07 Å². The second kappa shape index (κ2) is 4.86. The van der Waals surface area contributed by atoms with Gasteiger partial charge in [0, 0.05) is 11.7 Å². The Balaban J connectivity index is 1.80. The Kier molecular flexibility index (Phi) is 3.17. The molecule has 1 aromatic carbocycles. The topological polar surface area (TPSA) is 89.8 Å². The Labute approximate surface area is 116 Å². The zero-order valence-electron chi connectivity index (χ0n) is 11.0. The zero-order valence-corrected chi connectivity index (χ0v) is 11.8.